The molecular weight excluding hydrogens is 274 g/mol. The predicted molar refractivity (Wildman–Crippen MR) is 82.3 cm³/mol. The summed E-state index contributed by atoms with van der Waals surface area (Å²) < 4.78 is 0. The molecule has 0 aromatic carbocycles. The second kappa shape index (κ2) is 6.00. The van der Waals surface area contributed by atoms with Crippen molar-refractivity contribution >= 4 is 23.3 Å². The van der Waals surface area contributed by atoms with E-state index in [0.29, 0.717) is 22.5 Å². The van der Waals surface area contributed by atoms with Gasteiger partial charge >= 0.3 is 0 Å². The van der Waals surface area contributed by atoms with Gasteiger partial charge in [-0.3, -0.25) is 4.79 Å². The van der Waals surface area contributed by atoms with Crippen LogP contribution in [0.25, 0.3) is 0 Å². The highest BCUT2D eigenvalue weighted by Gasteiger charge is 2.38. The molecule has 5 heteroatoms. The van der Waals surface area contributed by atoms with E-state index in [1.165, 1.54) is 12.8 Å². The molecule has 110 valence electrons. The van der Waals surface area contributed by atoms with Gasteiger partial charge in [0.25, 0.3) is 5.91 Å². The maximum Gasteiger partial charge on any atom is 0.251 e. The van der Waals surface area contributed by atoms with E-state index in [2.05, 4.69) is 36.4 Å². The van der Waals surface area contributed by atoms with Crippen molar-refractivity contribution in [3.05, 3.63) is 22.8 Å². The number of hydrogen-bond acceptors (Lipinski definition) is 3. The molecule has 1 saturated carbocycles. The fraction of sp³-hybridized carbons (Fsp3) is 0.600. The zero-order valence-electron chi connectivity index (χ0n) is 12.3. The van der Waals surface area contributed by atoms with Gasteiger partial charge in [0.2, 0.25) is 0 Å². The maximum atomic E-state index is 12.3. The second-order valence-corrected chi connectivity index (χ2v) is 6.33. The largest absolute Gasteiger partial charge is 0.370 e. The van der Waals surface area contributed by atoms with Crippen LogP contribution in [0.5, 0.6) is 0 Å². The molecule has 1 heterocycles. The average Bonchev–Trinajstić information content (AvgIpc) is 3.19. The number of nitrogens with one attached hydrogen (secondary N) is 2. The summed E-state index contributed by atoms with van der Waals surface area (Å²) in [5.41, 5.74) is 0.390. The maximum absolute atomic E-state index is 12.3. The third kappa shape index (κ3) is 3.85. The topological polar surface area (TPSA) is 54.0 Å². The Morgan fingerprint density at radius 2 is 2.15 bits per heavy atom. The van der Waals surface area contributed by atoms with E-state index in [0.717, 1.165) is 13.0 Å². The lowest BCUT2D eigenvalue weighted by molar-refractivity contribution is 0.0903. The summed E-state index contributed by atoms with van der Waals surface area (Å²) in [6.45, 7) is 7.02. The Balaban J connectivity index is 2.10. The SMILES string of the molecule is CCCNc1cc(C(=O)NC(C)(C)C2CC2)cc(Cl)n1. The molecule has 1 aromatic heterocycles. The highest BCUT2D eigenvalue weighted by molar-refractivity contribution is 6.29. The van der Waals surface area contributed by atoms with Gasteiger partial charge in [-0.05, 0) is 51.2 Å². The van der Waals surface area contributed by atoms with Crippen molar-refractivity contribution in [3.63, 3.8) is 0 Å². The molecule has 2 rings (SSSR count). The number of amides is 1. The summed E-state index contributed by atoms with van der Waals surface area (Å²) in [7, 11) is 0. The number of carbonyl (C=O) groups excluding carboxylic acids is 1. The number of nitrogens with zero attached hydrogens (tertiary/aromatic N) is 1. The molecule has 0 atom stereocenters. The number of aromatic nitrogens is 1. The van der Waals surface area contributed by atoms with E-state index in [1.807, 2.05) is 0 Å². The zero-order valence-corrected chi connectivity index (χ0v) is 13.0. The molecule has 0 aliphatic heterocycles. The van der Waals surface area contributed by atoms with Crippen molar-refractivity contribution in [1.29, 1.82) is 0 Å². The lowest BCUT2D eigenvalue weighted by Gasteiger charge is -2.26. The van der Waals surface area contributed by atoms with Crippen LogP contribution in [0.15, 0.2) is 12.1 Å². The summed E-state index contributed by atoms with van der Waals surface area (Å²) in [4.78, 5) is 16.5. The van der Waals surface area contributed by atoms with Gasteiger partial charge in [-0.1, -0.05) is 18.5 Å². The van der Waals surface area contributed by atoms with Crippen LogP contribution in [-0.4, -0.2) is 23.0 Å². The van der Waals surface area contributed by atoms with Crippen molar-refractivity contribution in [2.24, 2.45) is 5.92 Å². The van der Waals surface area contributed by atoms with Crippen LogP contribution in [0.2, 0.25) is 5.15 Å². The highest BCUT2D eigenvalue weighted by atomic mass is 35.5. The van der Waals surface area contributed by atoms with Gasteiger partial charge in [-0.15, -0.1) is 0 Å². The molecule has 0 saturated heterocycles. The molecule has 1 fully saturated rings. The number of hydrogen-bond donors (Lipinski definition) is 2. The van der Waals surface area contributed by atoms with Crippen LogP contribution in [0.1, 0.15) is 50.4 Å². The van der Waals surface area contributed by atoms with E-state index in [4.69, 9.17) is 11.6 Å². The number of anilines is 1. The van der Waals surface area contributed by atoms with E-state index in [-0.39, 0.29) is 11.4 Å². The van der Waals surface area contributed by atoms with Crippen molar-refractivity contribution in [3.8, 4) is 0 Å². The van der Waals surface area contributed by atoms with E-state index >= 15 is 0 Å². The molecule has 1 amide bonds. The van der Waals surface area contributed by atoms with Crippen LogP contribution in [0.4, 0.5) is 5.82 Å². The predicted octanol–water partition coefficient (Wildman–Crippen LogP) is 3.48. The van der Waals surface area contributed by atoms with Crippen LogP contribution < -0.4 is 10.6 Å². The fourth-order valence-electron chi connectivity index (χ4n) is 2.24. The molecule has 0 radical (unpaired) electrons. The molecule has 20 heavy (non-hydrogen) atoms. The van der Waals surface area contributed by atoms with Crippen molar-refractivity contribution in [2.45, 2.75) is 45.6 Å². The zero-order chi connectivity index (χ0) is 14.8. The van der Waals surface area contributed by atoms with Gasteiger partial charge in [0.15, 0.2) is 0 Å². The van der Waals surface area contributed by atoms with Gasteiger partial charge in [0.1, 0.15) is 11.0 Å². The number of halogens is 1. The lowest BCUT2D eigenvalue weighted by atomic mass is 9.98. The van der Waals surface area contributed by atoms with Crippen molar-refractivity contribution in [1.82, 2.24) is 10.3 Å². The first-order valence-corrected chi connectivity index (χ1v) is 7.54. The minimum absolute atomic E-state index is 0.0919. The average molecular weight is 296 g/mol. The Kier molecular flexibility index (Phi) is 4.53. The fourth-order valence-corrected chi connectivity index (χ4v) is 2.45. The van der Waals surface area contributed by atoms with E-state index in [1.54, 1.807) is 12.1 Å². The minimum atomic E-state index is -0.163. The highest BCUT2D eigenvalue weighted by Crippen LogP contribution is 2.39. The second-order valence-electron chi connectivity index (χ2n) is 5.94. The standard InChI is InChI=1S/C15H22ClN3O/c1-4-7-17-13-9-10(8-12(16)18-13)14(20)19-15(2,3)11-5-6-11/h8-9,11H,4-7H2,1-3H3,(H,17,18)(H,19,20). The van der Waals surface area contributed by atoms with E-state index < -0.39 is 0 Å². The molecule has 0 bridgehead atoms. The van der Waals surface area contributed by atoms with Crippen LogP contribution in [0, 0.1) is 5.92 Å². The first-order valence-electron chi connectivity index (χ1n) is 7.16. The lowest BCUT2D eigenvalue weighted by Crippen LogP contribution is -2.45. The monoisotopic (exact) mass is 295 g/mol. The van der Waals surface area contributed by atoms with Crippen molar-refractivity contribution in [2.75, 3.05) is 11.9 Å². The molecule has 1 aliphatic carbocycles. The third-order valence-electron chi connectivity index (χ3n) is 3.65. The summed E-state index contributed by atoms with van der Waals surface area (Å²) in [5, 5.41) is 6.58. The molecule has 4 nitrogen and oxygen atoms in total. The normalized spacial score (nSPS) is 15.0. The van der Waals surface area contributed by atoms with Gasteiger partial charge in [-0.2, -0.15) is 0 Å². The Morgan fingerprint density at radius 1 is 1.45 bits per heavy atom. The Hall–Kier alpha value is -1.29. The summed E-state index contributed by atoms with van der Waals surface area (Å²) in [6, 6.07) is 3.36. The molecule has 2 N–H and O–H groups in total. The first kappa shape index (κ1) is 15.1. The van der Waals surface area contributed by atoms with Gasteiger partial charge < -0.3 is 10.6 Å². The minimum Gasteiger partial charge on any atom is -0.370 e. The number of carbonyl (C=O) groups is 1. The van der Waals surface area contributed by atoms with Gasteiger partial charge in [-0.25, -0.2) is 4.98 Å². The molecule has 0 unspecified atom stereocenters. The number of rotatable bonds is 6. The Morgan fingerprint density at radius 3 is 2.75 bits per heavy atom. The molecule has 1 aliphatic rings. The smallest absolute Gasteiger partial charge is 0.251 e. The van der Waals surface area contributed by atoms with Crippen LogP contribution >= 0.6 is 11.6 Å². The van der Waals surface area contributed by atoms with Crippen LogP contribution in [-0.2, 0) is 0 Å². The van der Waals surface area contributed by atoms with Crippen LogP contribution in [0.3, 0.4) is 0 Å². The van der Waals surface area contributed by atoms with Gasteiger partial charge in [0, 0.05) is 17.6 Å². The molecular formula is C15H22ClN3O. The summed E-state index contributed by atoms with van der Waals surface area (Å²) in [6.07, 6.45) is 3.37. The number of pyridine rings is 1. The molecule has 0 spiro atoms. The summed E-state index contributed by atoms with van der Waals surface area (Å²) in [5.74, 6) is 1.14. The Bertz CT molecular complexity index is 498. The summed E-state index contributed by atoms with van der Waals surface area (Å²) >= 11 is 5.99. The van der Waals surface area contributed by atoms with Crippen molar-refractivity contribution < 1.29 is 4.79 Å². The van der Waals surface area contributed by atoms with Gasteiger partial charge in [0.05, 0.1) is 0 Å². The molecule has 1 aromatic rings. The van der Waals surface area contributed by atoms with E-state index in [9.17, 15) is 4.79 Å². The Labute approximate surface area is 125 Å². The quantitative estimate of drug-likeness (QED) is 0.790. The third-order valence-corrected chi connectivity index (χ3v) is 3.84. The first-order chi connectivity index (χ1) is 9.42.